The molecule has 0 N–H and O–H groups in total. The topological polar surface area (TPSA) is 20.3 Å². The number of hydrogen-bond acceptors (Lipinski definition) is 2. The van der Waals surface area contributed by atoms with Crippen molar-refractivity contribution in [3.8, 4) is 0 Å². The molecular weight excluding hydrogens is 294 g/mol. The zero-order chi connectivity index (χ0) is 15.9. The van der Waals surface area contributed by atoms with Crippen molar-refractivity contribution in [3.05, 3.63) is 76.8 Å². The van der Waals surface area contributed by atoms with Gasteiger partial charge >= 0.3 is 0 Å². The number of carbonyl (C=O) groups excluding carboxylic acids is 1. The van der Waals surface area contributed by atoms with Crippen LogP contribution in [0.2, 0.25) is 5.02 Å². The maximum Gasteiger partial charge on any atom is 0.178 e. The predicted molar refractivity (Wildman–Crippen MR) is 95.3 cm³/mol. The Bertz CT molecular complexity index is 700. The van der Waals surface area contributed by atoms with Crippen LogP contribution < -0.4 is 4.90 Å². The summed E-state index contributed by atoms with van der Waals surface area (Å²) in [6, 6.07) is 15.4. The number of halogens is 1. The molecule has 2 aromatic rings. The fraction of sp³-hybridized carbons (Fsp3) is 0.105. The average Bonchev–Trinajstić information content (AvgIpc) is 2.52. The highest BCUT2D eigenvalue weighted by atomic mass is 35.5. The van der Waals surface area contributed by atoms with Gasteiger partial charge in [0.2, 0.25) is 0 Å². The summed E-state index contributed by atoms with van der Waals surface area (Å²) in [5, 5.41) is 0.634. The summed E-state index contributed by atoms with van der Waals surface area (Å²) in [6.07, 6.45) is 6.60. The number of rotatable bonds is 5. The Morgan fingerprint density at radius 2 is 1.59 bits per heavy atom. The molecule has 0 aromatic heterocycles. The highest BCUT2D eigenvalue weighted by Crippen LogP contribution is 2.16. The van der Waals surface area contributed by atoms with Crippen molar-refractivity contribution in [2.45, 2.75) is 0 Å². The normalized spacial score (nSPS) is 11.2. The van der Waals surface area contributed by atoms with Crippen LogP contribution in [0.4, 0.5) is 5.69 Å². The molecule has 0 aliphatic heterocycles. The fourth-order valence-electron chi connectivity index (χ4n) is 1.90. The molecule has 2 rings (SSSR count). The largest absolute Gasteiger partial charge is 0.378 e. The van der Waals surface area contributed by atoms with E-state index in [4.69, 9.17) is 11.6 Å². The van der Waals surface area contributed by atoms with Crippen molar-refractivity contribution in [2.24, 2.45) is 0 Å². The van der Waals surface area contributed by atoms with Gasteiger partial charge in [-0.3, -0.25) is 4.79 Å². The van der Waals surface area contributed by atoms with Gasteiger partial charge in [0.1, 0.15) is 0 Å². The molecule has 0 heterocycles. The van der Waals surface area contributed by atoms with Crippen LogP contribution in [0.1, 0.15) is 11.1 Å². The lowest BCUT2D eigenvalue weighted by Gasteiger charge is -2.11. The standard InChI is InChI=1S/C19H18ClNO/c1-21(2)17-11-7-15(8-12-17)9-13-18(22)14-10-16-5-3-4-6-19(16)20/h3-14H,1-2H3/b13-9+,14-10+. The third kappa shape index (κ3) is 4.61. The number of ketones is 1. The number of carbonyl (C=O) groups is 1. The molecule has 0 saturated carbocycles. The molecule has 0 amide bonds. The van der Waals surface area contributed by atoms with E-state index < -0.39 is 0 Å². The summed E-state index contributed by atoms with van der Waals surface area (Å²) in [5.74, 6) is -0.0726. The molecule has 0 spiro atoms. The number of benzene rings is 2. The molecule has 2 nitrogen and oxygen atoms in total. The lowest BCUT2D eigenvalue weighted by Crippen LogP contribution is -2.07. The summed E-state index contributed by atoms with van der Waals surface area (Å²) >= 11 is 6.04. The van der Waals surface area contributed by atoms with E-state index in [1.54, 1.807) is 24.3 Å². The molecule has 0 fully saturated rings. The van der Waals surface area contributed by atoms with Crippen molar-refractivity contribution in [1.29, 1.82) is 0 Å². The highest BCUT2D eigenvalue weighted by molar-refractivity contribution is 6.32. The molecule has 0 atom stereocenters. The molecule has 3 heteroatoms. The van der Waals surface area contributed by atoms with Crippen molar-refractivity contribution in [3.63, 3.8) is 0 Å². The molecule has 0 radical (unpaired) electrons. The van der Waals surface area contributed by atoms with Gasteiger partial charge in [-0.1, -0.05) is 48.0 Å². The van der Waals surface area contributed by atoms with Gasteiger partial charge in [0.25, 0.3) is 0 Å². The Morgan fingerprint density at radius 1 is 0.955 bits per heavy atom. The molecule has 0 aliphatic rings. The number of nitrogens with zero attached hydrogens (tertiary/aromatic N) is 1. The van der Waals surface area contributed by atoms with Gasteiger partial charge in [0.15, 0.2) is 5.78 Å². The lowest BCUT2D eigenvalue weighted by molar-refractivity contribution is -0.110. The zero-order valence-electron chi connectivity index (χ0n) is 12.7. The Morgan fingerprint density at radius 3 is 2.23 bits per heavy atom. The Labute approximate surface area is 136 Å². The van der Waals surface area contributed by atoms with Gasteiger partial charge in [-0.05, 0) is 47.6 Å². The minimum absolute atomic E-state index is 0.0726. The van der Waals surface area contributed by atoms with Gasteiger partial charge in [0, 0.05) is 24.8 Å². The van der Waals surface area contributed by atoms with E-state index in [-0.39, 0.29) is 5.78 Å². The van der Waals surface area contributed by atoms with Crippen LogP contribution in [-0.2, 0) is 4.79 Å². The molecule has 112 valence electrons. The second-order valence-electron chi connectivity index (χ2n) is 5.08. The van der Waals surface area contributed by atoms with Gasteiger partial charge < -0.3 is 4.90 Å². The van der Waals surface area contributed by atoms with Crippen LogP contribution in [0.3, 0.4) is 0 Å². The van der Waals surface area contributed by atoms with Crippen LogP contribution in [0.5, 0.6) is 0 Å². The predicted octanol–water partition coefficient (Wildman–Crippen LogP) is 4.70. The maximum atomic E-state index is 11.9. The van der Waals surface area contributed by atoms with Gasteiger partial charge in [-0.2, -0.15) is 0 Å². The van der Waals surface area contributed by atoms with Crippen molar-refractivity contribution in [1.82, 2.24) is 0 Å². The smallest absolute Gasteiger partial charge is 0.178 e. The first-order chi connectivity index (χ1) is 10.6. The van der Waals surface area contributed by atoms with Gasteiger partial charge in [-0.15, -0.1) is 0 Å². The summed E-state index contributed by atoms with van der Waals surface area (Å²) in [6.45, 7) is 0. The third-order valence-electron chi connectivity index (χ3n) is 3.18. The van der Waals surface area contributed by atoms with Gasteiger partial charge in [-0.25, -0.2) is 0 Å². The molecule has 2 aromatic carbocycles. The highest BCUT2D eigenvalue weighted by Gasteiger charge is 1.96. The van der Waals surface area contributed by atoms with Crippen LogP contribution in [0.15, 0.2) is 60.7 Å². The summed E-state index contributed by atoms with van der Waals surface area (Å²) < 4.78 is 0. The SMILES string of the molecule is CN(C)c1ccc(/C=C/C(=O)/C=C/c2ccccc2Cl)cc1. The summed E-state index contributed by atoms with van der Waals surface area (Å²) in [7, 11) is 3.99. The van der Waals surface area contributed by atoms with E-state index in [1.165, 1.54) is 6.08 Å². The molecule has 0 bridgehead atoms. The second kappa shape index (κ2) is 7.62. The monoisotopic (exact) mass is 311 g/mol. The lowest BCUT2D eigenvalue weighted by atomic mass is 10.1. The fourth-order valence-corrected chi connectivity index (χ4v) is 2.10. The number of anilines is 1. The first-order valence-corrected chi connectivity index (χ1v) is 7.36. The average molecular weight is 312 g/mol. The molecular formula is C19H18ClNO. The molecule has 22 heavy (non-hydrogen) atoms. The van der Waals surface area contributed by atoms with E-state index in [0.717, 1.165) is 16.8 Å². The Hall–Kier alpha value is -2.32. The minimum Gasteiger partial charge on any atom is -0.378 e. The van der Waals surface area contributed by atoms with E-state index in [0.29, 0.717) is 5.02 Å². The van der Waals surface area contributed by atoms with Crippen LogP contribution >= 0.6 is 11.6 Å². The van der Waals surface area contributed by atoms with Crippen molar-refractivity contribution < 1.29 is 4.79 Å². The van der Waals surface area contributed by atoms with Crippen molar-refractivity contribution in [2.75, 3.05) is 19.0 Å². The Kier molecular flexibility index (Phi) is 5.56. The Balaban J connectivity index is 2.01. The third-order valence-corrected chi connectivity index (χ3v) is 3.53. The number of allylic oxidation sites excluding steroid dienone is 2. The molecule has 0 aliphatic carbocycles. The quantitative estimate of drug-likeness (QED) is 0.746. The van der Waals surface area contributed by atoms with Crippen molar-refractivity contribution >= 4 is 35.2 Å². The summed E-state index contributed by atoms with van der Waals surface area (Å²) in [4.78, 5) is 13.9. The van der Waals surface area contributed by atoms with Crippen LogP contribution in [-0.4, -0.2) is 19.9 Å². The first-order valence-electron chi connectivity index (χ1n) is 6.98. The van der Waals surface area contributed by atoms with Crippen LogP contribution in [0.25, 0.3) is 12.2 Å². The summed E-state index contributed by atoms with van der Waals surface area (Å²) in [5.41, 5.74) is 2.95. The van der Waals surface area contributed by atoms with E-state index >= 15 is 0 Å². The minimum atomic E-state index is -0.0726. The van der Waals surface area contributed by atoms with E-state index in [9.17, 15) is 4.79 Å². The van der Waals surface area contributed by atoms with Crippen LogP contribution in [0, 0.1) is 0 Å². The number of hydrogen-bond donors (Lipinski definition) is 0. The molecule has 0 saturated heterocycles. The maximum absolute atomic E-state index is 11.9. The second-order valence-corrected chi connectivity index (χ2v) is 5.48. The van der Waals surface area contributed by atoms with E-state index in [2.05, 4.69) is 0 Å². The van der Waals surface area contributed by atoms with Gasteiger partial charge in [0.05, 0.1) is 0 Å². The van der Waals surface area contributed by atoms with E-state index in [1.807, 2.05) is 61.5 Å². The zero-order valence-corrected chi connectivity index (χ0v) is 13.4. The first kappa shape index (κ1) is 16.1. The molecule has 0 unspecified atom stereocenters.